The second kappa shape index (κ2) is 11.0. The summed E-state index contributed by atoms with van der Waals surface area (Å²) in [5.41, 5.74) is -2.34. The third-order valence-electron chi connectivity index (χ3n) is 6.78. The van der Waals surface area contributed by atoms with Crippen molar-refractivity contribution < 1.29 is 27.9 Å². The van der Waals surface area contributed by atoms with Crippen LogP contribution in [-0.4, -0.2) is 52.0 Å². The van der Waals surface area contributed by atoms with Gasteiger partial charge in [0.05, 0.1) is 15.7 Å². The van der Waals surface area contributed by atoms with Crippen LogP contribution in [0, 0.1) is 5.82 Å². The van der Waals surface area contributed by atoms with Gasteiger partial charge in [0, 0.05) is 48.6 Å². The summed E-state index contributed by atoms with van der Waals surface area (Å²) in [4.78, 5) is 45.2. The number of anilines is 1. The minimum Gasteiger partial charge on any atom is -0.503 e. The lowest BCUT2D eigenvalue weighted by Gasteiger charge is -2.33. The zero-order valence-corrected chi connectivity index (χ0v) is 24.2. The van der Waals surface area contributed by atoms with Crippen LogP contribution in [0.15, 0.2) is 44.9 Å². The first-order chi connectivity index (χ1) is 19.3. The lowest BCUT2D eigenvalue weighted by atomic mass is 10.1. The monoisotopic (exact) mass is 646 g/mol. The van der Waals surface area contributed by atoms with Crippen molar-refractivity contribution in [2.75, 3.05) is 25.0 Å². The summed E-state index contributed by atoms with van der Waals surface area (Å²) in [6.07, 6.45) is 0.598. The Bertz CT molecular complexity index is 1630. The fraction of sp³-hybridized carbons (Fsp3) is 0.269. The van der Waals surface area contributed by atoms with E-state index in [-0.39, 0.29) is 50.7 Å². The van der Waals surface area contributed by atoms with Crippen LogP contribution in [-0.2, 0) is 18.5 Å². The van der Waals surface area contributed by atoms with Gasteiger partial charge in [0.15, 0.2) is 11.6 Å². The lowest BCUT2D eigenvalue weighted by Crippen LogP contribution is -2.47. The fourth-order valence-electron chi connectivity index (χ4n) is 4.74. The van der Waals surface area contributed by atoms with E-state index in [1.807, 2.05) is 4.98 Å². The number of phenolic OH excluding ortho intramolecular Hbond substituents is 1. The van der Waals surface area contributed by atoms with Gasteiger partial charge in [0.2, 0.25) is 0 Å². The Morgan fingerprint density at radius 1 is 1.12 bits per heavy atom. The fourth-order valence-corrected chi connectivity index (χ4v) is 6.48. The molecule has 1 aromatic heterocycles. The average molecular weight is 648 g/mol. The SMILES string of the molecule is CN1CCCN(c2cc3c(c(F)c2O)CN(C(=O)c2c(Sc4c(Cl)cccc4Cl)cc(C(F)(F)Cl)[nH]c2=O)C3)C1=O. The van der Waals surface area contributed by atoms with Crippen molar-refractivity contribution in [1.82, 2.24) is 14.8 Å². The number of nitrogens with zero attached hydrogens (tertiary/aromatic N) is 3. The summed E-state index contributed by atoms with van der Waals surface area (Å²) in [5.74, 6) is -2.64. The standard InChI is InChI=1S/C26H20Cl3F3N4O4S/c1-34-6-3-7-36(25(34)40)16-8-12-10-35(11-13(12)20(30)21(16)37)24(39)19-17(9-18(26(29,31)32)33-23(19)38)41-22-14(27)4-2-5-15(22)28/h2,4-5,8-9,37H,3,6-7,10-11H2,1H3,(H,33,38). The number of aromatic nitrogens is 1. The van der Waals surface area contributed by atoms with Crippen molar-refractivity contribution in [3.8, 4) is 5.75 Å². The normalized spacial score (nSPS) is 15.5. The number of pyridine rings is 1. The number of H-pyrrole nitrogens is 1. The molecule has 0 atom stereocenters. The van der Waals surface area contributed by atoms with E-state index in [1.54, 1.807) is 13.1 Å². The van der Waals surface area contributed by atoms with Crippen molar-refractivity contribution in [1.29, 1.82) is 0 Å². The highest BCUT2D eigenvalue weighted by Gasteiger charge is 2.37. The van der Waals surface area contributed by atoms with Crippen molar-refractivity contribution in [3.63, 3.8) is 0 Å². The molecule has 2 aromatic carbocycles. The molecule has 3 aromatic rings. The largest absolute Gasteiger partial charge is 0.503 e. The maximum atomic E-state index is 15.4. The molecular weight excluding hydrogens is 628 g/mol. The van der Waals surface area contributed by atoms with E-state index in [1.165, 1.54) is 28.0 Å². The second-order valence-electron chi connectivity index (χ2n) is 9.47. The minimum atomic E-state index is -3.96. The summed E-state index contributed by atoms with van der Waals surface area (Å²) in [6.45, 7) is 0.260. The molecule has 1 saturated heterocycles. The maximum Gasteiger partial charge on any atom is 0.362 e. The number of hydrogen-bond acceptors (Lipinski definition) is 5. The first kappa shape index (κ1) is 29.4. The average Bonchev–Trinajstić information content (AvgIpc) is 3.34. The Morgan fingerprint density at radius 2 is 1.80 bits per heavy atom. The van der Waals surface area contributed by atoms with Crippen LogP contribution in [0.3, 0.4) is 0 Å². The van der Waals surface area contributed by atoms with Gasteiger partial charge < -0.3 is 19.9 Å². The molecule has 41 heavy (non-hydrogen) atoms. The van der Waals surface area contributed by atoms with Crippen LogP contribution in [0.1, 0.15) is 33.6 Å². The van der Waals surface area contributed by atoms with Gasteiger partial charge in [-0.1, -0.05) is 41.0 Å². The van der Waals surface area contributed by atoms with E-state index in [4.69, 9.17) is 34.8 Å². The van der Waals surface area contributed by atoms with Gasteiger partial charge in [-0.05, 0) is 47.9 Å². The van der Waals surface area contributed by atoms with E-state index in [9.17, 15) is 28.3 Å². The van der Waals surface area contributed by atoms with Crippen LogP contribution in [0.4, 0.5) is 23.7 Å². The molecule has 0 radical (unpaired) electrons. The van der Waals surface area contributed by atoms with Crippen molar-refractivity contribution in [2.24, 2.45) is 0 Å². The number of urea groups is 1. The van der Waals surface area contributed by atoms with Crippen molar-refractivity contribution in [3.05, 3.63) is 78.9 Å². The number of halogens is 6. The van der Waals surface area contributed by atoms with Crippen LogP contribution in [0.25, 0.3) is 0 Å². The summed E-state index contributed by atoms with van der Waals surface area (Å²) in [5, 5.41) is 6.96. The van der Waals surface area contributed by atoms with Gasteiger partial charge in [-0.15, -0.1) is 0 Å². The van der Waals surface area contributed by atoms with Gasteiger partial charge in [-0.25, -0.2) is 9.18 Å². The molecule has 1 fully saturated rings. The predicted octanol–water partition coefficient (Wildman–Crippen LogP) is 6.38. The van der Waals surface area contributed by atoms with E-state index in [2.05, 4.69) is 0 Å². The molecule has 2 N–H and O–H groups in total. The molecule has 3 heterocycles. The first-order valence-corrected chi connectivity index (χ1v) is 14.0. The molecule has 5 rings (SSSR count). The number of nitrogens with one attached hydrogen (secondary N) is 1. The van der Waals surface area contributed by atoms with E-state index < -0.39 is 45.7 Å². The Labute approximate surface area is 250 Å². The molecule has 3 amide bonds. The Balaban J connectivity index is 1.53. The number of hydrogen-bond donors (Lipinski definition) is 2. The quantitative estimate of drug-likeness (QED) is 0.313. The summed E-state index contributed by atoms with van der Waals surface area (Å²) in [6, 6.07) is 6.43. The van der Waals surface area contributed by atoms with Crippen LogP contribution in [0.2, 0.25) is 10.0 Å². The molecular formula is C26H20Cl3F3N4O4S. The third kappa shape index (κ3) is 5.45. The van der Waals surface area contributed by atoms with Crippen molar-refractivity contribution in [2.45, 2.75) is 34.7 Å². The first-order valence-electron chi connectivity index (χ1n) is 12.1. The molecule has 2 aliphatic heterocycles. The molecule has 0 bridgehead atoms. The molecule has 15 heteroatoms. The van der Waals surface area contributed by atoms with Gasteiger partial charge in [-0.3, -0.25) is 14.5 Å². The Morgan fingerprint density at radius 3 is 2.46 bits per heavy atom. The Kier molecular flexibility index (Phi) is 7.88. The van der Waals surface area contributed by atoms with Crippen LogP contribution >= 0.6 is 46.6 Å². The van der Waals surface area contributed by atoms with Gasteiger partial charge in [0.25, 0.3) is 11.5 Å². The number of aromatic hydroxyl groups is 1. The molecule has 8 nitrogen and oxygen atoms in total. The van der Waals surface area contributed by atoms with Crippen LogP contribution < -0.4 is 10.5 Å². The van der Waals surface area contributed by atoms with Gasteiger partial charge >= 0.3 is 11.4 Å². The number of benzene rings is 2. The molecule has 216 valence electrons. The highest BCUT2D eigenvalue weighted by Crippen LogP contribution is 2.43. The third-order valence-corrected chi connectivity index (χ3v) is 9.03. The number of phenols is 1. The molecule has 0 spiro atoms. The zero-order valence-electron chi connectivity index (χ0n) is 21.1. The summed E-state index contributed by atoms with van der Waals surface area (Å²) < 4.78 is 43.3. The van der Waals surface area contributed by atoms with Gasteiger partial charge in [-0.2, -0.15) is 8.78 Å². The molecule has 0 unspecified atom stereocenters. The number of carbonyl (C=O) groups excluding carboxylic acids is 2. The highest BCUT2D eigenvalue weighted by molar-refractivity contribution is 7.99. The smallest absolute Gasteiger partial charge is 0.362 e. The Hall–Kier alpha value is -3.06. The number of alkyl halides is 3. The summed E-state index contributed by atoms with van der Waals surface area (Å²) >= 11 is 18.4. The number of fused-ring (bicyclic) bond motifs is 1. The number of rotatable bonds is 5. The van der Waals surface area contributed by atoms with E-state index in [0.717, 1.165) is 22.7 Å². The van der Waals surface area contributed by atoms with Gasteiger partial charge in [0.1, 0.15) is 11.3 Å². The number of aromatic amines is 1. The van der Waals surface area contributed by atoms with Crippen LogP contribution in [0.5, 0.6) is 5.75 Å². The second-order valence-corrected chi connectivity index (χ2v) is 11.8. The lowest BCUT2D eigenvalue weighted by molar-refractivity contribution is 0.0739. The van der Waals surface area contributed by atoms with E-state index in [0.29, 0.717) is 18.5 Å². The minimum absolute atomic E-state index is 0.00102. The topological polar surface area (TPSA) is 96.9 Å². The zero-order chi connectivity index (χ0) is 29.8. The molecule has 2 aliphatic rings. The number of amides is 3. The van der Waals surface area contributed by atoms with E-state index >= 15 is 4.39 Å². The molecule has 0 saturated carbocycles. The predicted molar refractivity (Wildman–Crippen MR) is 149 cm³/mol. The molecule has 0 aliphatic carbocycles. The van der Waals surface area contributed by atoms with Crippen molar-refractivity contribution >= 4 is 64.2 Å². The maximum absolute atomic E-state index is 15.4. The highest BCUT2D eigenvalue weighted by atomic mass is 35.5. The number of carbonyl (C=O) groups is 2. The summed E-state index contributed by atoms with van der Waals surface area (Å²) in [7, 11) is 1.59.